The largest absolute Gasteiger partial charge is 0.347 e. The molecule has 5 heteroatoms. The molecule has 1 unspecified atom stereocenters. The van der Waals surface area contributed by atoms with Crippen molar-refractivity contribution in [3.05, 3.63) is 0 Å². The molecule has 116 valence electrons. The lowest BCUT2D eigenvalue weighted by Gasteiger charge is -2.34. The number of nitrogens with one attached hydrogen (secondary N) is 1. The number of urea groups is 1. The van der Waals surface area contributed by atoms with Gasteiger partial charge >= 0.3 is 6.03 Å². The van der Waals surface area contributed by atoms with Crippen molar-refractivity contribution in [2.45, 2.75) is 46.1 Å². The zero-order chi connectivity index (χ0) is 15.3. The van der Waals surface area contributed by atoms with Crippen molar-refractivity contribution in [1.29, 1.82) is 0 Å². The van der Waals surface area contributed by atoms with Crippen LogP contribution in [-0.2, 0) is 4.79 Å². The van der Waals surface area contributed by atoms with Crippen molar-refractivity contribution in [3.63, 3.8) is 0 Å². The van der Waals surface area contributed by atoms with Gasteiger partial charge in [0.05, 0.1) is 0 Å². The van der Waals surface area contributed by atoms with Crippen LogP contribution in [0, 0.1) is 11.8 Å². The SMILES string of the molecule is CC(C)CC1CCCN(C(=O)N[C@@H](C)C(=O)N(C)C)C1. The Kier molecular flexibility index (Phi) is 6.30. The molecule has 0 aromatic heterocycles. The highest BCUT2D eigenvalue weighted by molar-refractivity contribution is 5.86. The van der Waals surface area contributed by atoms with E-state index in [0.717, 1.165) is 25.9 Å². The predicted molar refractivity (Wildman–Crippen MR) is 80.4 cm³/mol. The van der Waals surface area contributed by atoms with Gasteiger partial charge in [0.15, 0.2) is 0 Å². The van der Waals surface area contributed by atoms with Gasteiger partial charge in [0.1, 0.15) is 6.04 Å². The van der Waals surface area contributed by atoms with Crippen molar-refractivity contribution in [2.75, 3.05) is 27.2 Å². The zero-order valence-corrected chi connectivity index (χ0v) is 13.5. The Balaban J connectivity index is 2.48. The molecule has 0 saturated carbocycles. The standard InChI is InChI=1S/C15H29N3O2/c1-11(2)9-13-7-6-8-18(10-13)15(20)16-12(3)14(19)17(4)5/h11-13H,6-10H2,1-5H3,(H,16,20)/t12-,13?/m0/s1. The van der Waals surface area contributed by atoms with Gasteiger partial charge in [-0.25, -0.2) is 4.79 Å². The molecule has 0 aromatic carbocycles. The maximum absolute atomic E-state index is 12.2. The van der Waals surface area contributed by atoms with E-state index in [1.54, 1.807) is 21.0 Å². The summed E-state index contributed by atoms with van der Waals surface area (Å²) in [5, 5.41) is 2.80. The summed E-state index contributed by atoms with van der Waals surface area (Å²) >= 11 is 0. The van der Waals surface area contributed by atoms with Gasteiger partial charge in [-0.3, -0.25) is 4.79 Å². The van der Waals surface area contributed by atoms with Gasteiger partial charge in [-0.2, -0.15) is 0 Å². The van der Waals surface area contributed by atoms with Crippen LogP contribution in [0.15, 0.2) is 0 Å². The predicted octanol–water partition coefficient (Wildman–Crippen LogP) is 1.93. The summed E-state index contributed by atoms with van der Waals surface area (Å²) in [5.74, 6) is 1.18. The zero-order valence-electron chi connectivity index (χ0n) is 13.5. The average molecular weight is 283 g/mol. The minimum atomic E-state index is -0.469. The molecule has 5 nitrogen and oxygen atoms in total. The Morgan fingerprint density at radius 1 is 1.30 bits per heavy atom. The highest BCUT2D eigenvalue weighted by atomic mass is 16.2. The van der Waals surface area contributed by atoms with E-state index in [0.29, 0.717) is 11.8 Å². The van der Waals surface area contributed by atoms with Gasteiger partial charge < -0.3 is 15.1 Å². The van der Waals surface area contributed by atoms with E-state index in [1.807, 2.05) is 4.90 Å². The Labute approximate surface area is 122 Å². The Morgan fingerprint density at radius 3 is 2.50 bits per heavy atom. The third-order valence-corrected chi connectivity index (χ3v) is 3.76. The first-order chi connectivity index (χ1) is 9.31. The molecule has 3 amide bonds. The summed E-state index contributed by atoms with van der Waals surface area (Å²) in [6.07, 6.45) is 3.42. The van der Waals surface area contributed by atoms with Crippen LogP contribution in [0.3, 0.4) is 0 Å². The molecule has 1 fully saturated rings. The summed E-state index contributed by atoms with van der Waals surface area (Å²) < 4.78 is 0. The van der Waals surface area contributed by atoms with Crippen molar-refractivity contribution < 1.29 is 9.59 Å². The fourth-order valence-corrected chi connectivity index (χ4v) is 2.83. The van der Waals surface area contributed by atoms with Crippen LogP contribution in [0.4, 0.5) is 4.79 Å². The van der Waals surface area contributed by atoms with Crippen LogP contribution >= 0.6 is 0 Å². The average Bonchev–Trinajstić information content (AvgIpc) is 2.37. The summed E-state index contributed by atoms with van der Waals surface area (Å²) in [5.41, 5.74) is 0. The molecule has 0 spiro atoms. The van der Waals surface area contributed by atoms with Crippen LogP contribution in [0.1, 0.15) is 40.0 Å². The fourth-order valence-electron chi connectivity index (χ4n) is 2.83. The topological polar surface area (TPSA) is 52.7 Å². The third-order valence-electron chi connectivity index (χ3n) is 3.76. The second-order valence-corrected chi connectivity index (χ2v) is 6.49. The number of likely N-dealkylation sites (tertiary alicyclic amines) is 1. The quantitative estimate of drug-likeness (QED) is 0.857. The molecule has 1 N–H and O–H groups in total. The number of nitrogens with zero attached hydrogens (tertiary/aromatic N) is 2. The highest BCUT2D eigenvalue weighted by Crippen LogP contribution is 2.23. The van der Waals surface area contributed by atoms with E-state index < -0.39 is 6.04 Å². The minimum absolute atomic E-state index is 0.0749. The van der Waals surface area contributed by atoms with Gasteiger partial charge in [-0.1, -0.05) is 13.8 Å². The normalized spacial score (nSPS) is 20.7. The molecule has 0 radical (unpaired) electrons. The van der Waals surface area contributed by atoms with Crippen LogP contribution in [-0.4, -0.2) is 55.0 Å². The van der Waals surface area contributed by atoms with Crippen molar-refractivity contribution in [1.82, 2.24) is 15.1 Å². The lowest BCUT2D eigenvalue weighted by Crippen LogP contribution is -2.51. The van der Waals surface area contributed by atoms with Gasteiger partial charge in [0, 0.05) is 27.2 Å². The Bertz CT molecular complexity index is 342. The van der Waals surface area contributed by atoms with Gasteiger partial charge in [0.25, 0.3) is 0 Å². The van der Waals surface area contributed by atoms with E-state index in [4.69, 9.17) is 0 Å². The van der Waals surface area contributed by atoms with E-state index >= 15 is 0 Å². The molecule has 1 heterocycles. The molecular weight excluding hydrogens is 254 g/mol. The summed E-state index contributed by atoms with van der Waals surface area (Å²) in [6.45, 7) is 7.78. The minimum Gasteiger partial charge on any atom is -0.347 e. The summed E-state index contributed by atoms with van der Waals surface area (Å²) in [7, 11) is 3.40. The van der Waals surface area contributed by atoms with E-state index in [1.165, 1.54) is 11.3 Å². The number of hydrogen-bond donors (Lipinski definition) is 1. The first kappa shape index (κ1) is 16.8. The highest BCUT2D eigenvalue weighted by Gasteiger charge is 2.26. The molecule has 1 aliphatic heterocycles. The summed E-state index contributed by atoms with van der Waals surface area (Å²) in [6, 6.07) is -0.580. The molecule has 2 atom stereocenters. The third kappa shape index (κ3) is 5.02. The maximum Gasteiger partial charge on any atom is 0.318 e. The number of rotatable bonds is 4. The molecule has 1 aliphatic rings. The molecule has 0 aliphatic carbocycles. The monoisotopic (exact) mass is 283 g/mol. The molecule has 1 rings (SSSR count). The van der Waals surface area contributed by atoms with Gasteiger partial charge in [-0.15, -0.1) is 0 Å². The summed E-state index contributed by atoms with van der Waals surface area (Å²) in [4.78, 5) is 27.3. The van der Waals surface area contributed by atoms with E-state index in [9.17, 15) is 9.59 Å². The van der Waals surface area contributed by atoms with Gasteiger partial charge in [-0.05, 0) is 38.0 Å². The van der Waals surface area contributed by atoms with Crippen molar-refractivity contribution in [3.8, 4) is 0 Å². The lowest BCUT2D eigenvalue weighted by molar-refractivity contribution is -0.130. The van der Waals surface area contributed by atoms with Crippen LogP contribution in [0.25, 0.3) is 0 Å². The van der Waals surface area contributed by atoms with Crippen molar-refractivity contribution >= 4 is 11.9 Å². The smallest absolute Gasteiger partial charge is 0.318 e. The van der Waals surface area contributed by atoms with E-state index in [2.05, 4.69) is 19.2 Å². The second-order valence-electron chi connectivity index (χ2n) is 6.49. The lowest BCUT2D eigenvalue weighted by atomic mass is 9.90. The number of amides is 3. The fraction of sp³-hybridized carbons (Fsp3) is 0.867. The Morgan fingerprint density at radius 2 is 1.95 bits per heavy atom. The molecule has 0 aromatic rings. The van der Waals surface area contributed by atoms with Crippen LogP contribution in [0.2, 0.25) is 0 Å². The number of likely N-dealkylation sites (N-methyl/N-ethyl adjacent to an activating group) is 1. The first-order valence-electron chi connectivity index (χ1n) is 7.57. The van der Waals surface area contributed by atoms with E-state index in [-0.39, 0.29) is 11.9 Å². The van der Waals surface area contributed by atoms with Crippen molar-refractivity contribution in [2.24, 2.45) is 11.8 Å². The number of carbonyl (C=O) groups is 2. The first-order valence-corrected chi connectivity index (χ1v) is 7.57. The van der Waals surface area contributed by atoms with Gasteiger partial charge in [0.2, 0.25) is 5.91 Å². The molecule has 20 heavy (non-hydrogen) atoms. The molecule has 1 saturated heterocycles. The van der Waals surface area contributed by atoms with Crippen LogP contribution < -0.4 is 5.32 Å². The Hall–Kier alpha value is -1.26. The molecular formula is C15H29N3O2. The number of carbonyl (C=O) groups excluding carboxylic acids is 2. The van der Waals surface area contributed by atoms with Crippen LogP contribution in [0.5, 0.6) is 0 Å². The number of hydrogen-bond acceptors (Lipinski definition) is 2. The second kappa shape index (κ2) is 7.50. The number of piperidine rings is 1. The molecule has 0 bridgehead atoms. The maximum atomic E-state index is 12.2.